The molecule has 4 aromatic rings. The molecule has 1 heterocycles. The lowest BCUT2D eigenvalue weighted by Gasteiger charge is -2.08. The van der Waals surface area contributed by atoms with Crippen molar-refractivity contribution in [3.63, 3.8) is 0 Å². The smallest absolute Gasteiger partial charge is 0.124 e. The molecule has 0 aliphatic rings. The van der Waals surface area contributed by atoms with E-state index in [2.05, 4.69) is 5.10 Å². The lowest BCUT2D eigenvalue weighted by atomic mass is 10.1. The van der Waals surface area contributed by atoms with Crippen LogP contribution < -0.4 is 0 Å². The van der Waals surface area contributed by atoms with Gasteiger partial charge in [0.2, 0.25) is 0 Å². The first-order valence-electron chi connectivity index (χ1n) is 7.11. The molecule has 0 aliphatic carbocycles. The molecule has 0 amide bonds. The SMILES string of the molecule is Cc1nn(-c2cc(Cl)cc(Cl)c2)c2c1cc(O)c1ccccc12. The fourth-order valence-electron chi connectivity index (χ4n) is 2.95. The first kappa shape index (κ1) is 14.4. The second kappa shape index (κ2) is 5.15. The van der Waals surface area contributed by atoms with Crippen molar-refractivity contribution in [3.05, 3.63) is 64.3 Å². The third-order valence-electron chi connectivity index (χ3n) is 3.94. The van der Waals surface area contributed by atoms with Crippen LogP contribution in [0.4, 0.5) is 0 Å². The number of hydrogen-bond donors (Lipinski definition) is 1. The third kappa shape index (κ3) is 2.24. The van der Waals surface area contributed by atoms with Gasteiger partial charge in [-0.05, 0) is 31.2 Å². The van der Waals surface area contributed by atoms with Crippen LogP contribution in [0.15, 0.2) is 48.5 Å². The number of aryl methyl sites for hydroxylation is 1. The van der Waals surface area contributed by atoms with Gasteiger partial charge in [-0.1, -0.05) is 47.5 Å². The van der Waals surface area contributed by atoms with Gasteiger partial charge in [-0.15, -0.1) is 0 Å². The molecule has 0 saturated heterocycles. The predicted molar refractivity (Wildman–Crippen MR) is 95.0 cm³/mol. The highest BCUT2D eigenvalue weighted by Gasteiger charge is 2.15. The minimum Gasteiger partial charge on any atom is -0.507 e. The second-order valence-electron chi connectivity index (χ2n) is 5.46. The lowest BCUT2D eigenvalue weighted by molar-refractivity contribution is 0.482. The molecule has 3 nitrogen and oxygen atoms in total. The van der Waals surface area contributed by atoms with Crippen molar-refractivity contribution in [2.45, 2.75) is 6.92 Å². The van der Waals surface area contributed by atoms with Crippen molar-refractivity contribution >= 4 is 44.9 Å². The first-order valence-corrected chi connectivity index (χ1v) is 7.87. The molecule has 1 aromatic heterocycles. The van der Waals surface area contributed by atoms with Gasteiger partial charge in [0, 0.05) is 26.2 Å². The normalized spacial score (nSPS) is 11.4. The molecule has 0 atom stereocenters. The number of aromatic nitrogens is 2. The number of aromatic hydroxyl groups is 1. The summed E-state index contributed by atoms with van der Waals surface area (Å²) in [7, 11) is 0. The topological polar surface area (TPSA) is 38.0 Å². The van der Waals surface area contributed by atoms with E-state index in [9.17, 15) is 5.11 Å². The number of phenols is 1. The Bertz CT molecular complexity index is 1050. The Kier molecular flexibility index (Phi) is 3.22. The number of rotatable bonds is 1. The highest BCUT2D eigenvalue weighted by Crippen LogP contribution is 2.36. The first-order chi connectivity index (χ1) is 11.0. The Labute approximate surface area is 142 Å². The molecule has 114 valence electrons. The van der Waals surface area contributed by atoms with Crippen LogP contribution in [-0.2, 0) is 0 Å². The van der Waals surface area contributed by atoms with Crippen LogP contribution in [0, 0.1) is 6.92 Å². The van der Waals surface area contributed by atoms with Crippen LogP contribution in [-0.4, -0.2) is 14.9 Å². The minimum absolute atomic E-state index is 0.250. The van der Waals surface area contributed by atoms with Crippen LogP contribution in [0.25, 0.3) is 27.4 Å². The highest BCUT2D eigenvalue weighted by atomic mass is 35.5. The van der Waals surface area contributed by atoms with Crippen molar-refractivity contribution in [2.75, 3.05) is 0 Å². The maximum absolute atomic E-state index is 10.3. The van der Waals surface area contributed by atoms with Crippen molar-refractivity contribution < 1.29 is 5.11 Å². The van der Waals surface area contributed by atoms with Crippen molar-refractivity contribution in [1.82, 2.24) is 9.78 Å². The molecule has 3 aromatic carbocycles. The number of fused-ring (bicyclic) bond motifs is 3. The van der Waals surface area contributed by atoms with E-state index in [1.54, 1.807) is 12.1 Å². The van der Waals surface area contributed by atoms with Crippen molar-refractivity contribution in [1.29, 1.82) is 0 Å². The van der Waals surface area contributed by atoms with Crippen LogP contribution in [0.3, 0.4) is 0 Å². The number of benzene rings is 3. The summed E-state index contributed by atoms with van der Waals surface area (Å²) in [5.74, 6) is 0.250. The molecular weight excluding hydrogens is 331 g/mol. The molecule has 0 bridgehead atoms. The maximum atomic E-state index is 10.3. The van der Waals surface area contributed by atoms with Crippen LogP contribution in [0.5, 0.6) is 5.75 Å². The number of nitrogens with zero attached hydrogens (tertiary/aromatic N) is 2. The summed E-state index contributed by atoms with van der Waals surface area (Å²) in [5, 5.41) is 18.6. The van der Waals surface area contributed by atoms with Crippen LogP contribution in [0.2, 0.25) is 10.0 Å². The number of halogens is 2. The van der Waals surface area contributed by atoms with Crippen molar-refractivity contribution in [2.24, 2.45) is 0 Å². The van der Waals surface area contributed by atoms with E-state index < -0.39 is 0 Å². The van der Waals surface area contributed by atoms with Crippen LogP contribution in [0.1, 0.15) is 5.69 Å². The third-order valence-corrected chi connectivity index (χ3v) is 4.37. The van der Waals surface area contributed by atoms with Crippen LogP contribution >= 0.6 is 23.2 Å². The van der Waals surface area contributed by atoms with Gasteiger partial charge in [0.25, 0.3) is 0 Å². The molecular formula is C18H12Cl2N2O. The van der Waals surface area contributed by atoms with Crippen molar-refractivity contribution in [3.8, 4) is 11.4 Å². The summed E-state index contributed by atoms with van der Waals surface area (Å²) in [4.78, 5) is 0. The Morgan fingerprint density at radius 2 is 1.57 bits per heavy atom. The van der Waals surface area contributed by atoms with E-state index in [4.69, 9.17) is 23.2 Å². The van der Waals surface area contributed by atoms with Gasteiger partial charge in [-0.2, -0.15) is 5.10 Å². The maximum Gasteiger partial charge on any atom is 0.124 e. The van der Waals surface area contributed by atoms with Gasteiger partial charge in [0.1, 0.15) is 5.75 Å². The van der Waals surface area contributed by atoms with Gasteiger partial charge in [-0.25, -0.2) is 4.68 Å². The minimum atomic E-state index is 0.250. The zero-order chi connectivity index (χ0) is 16.1. The molecule has 0 spiro atoms. The summed E-state index contributed by atoms with van der Waals surface area (Å²) >= 11 is 12.3. The number of phenolic OH excluding ortho intramolecular Hbond substituents is 1. The quantitative estimate of drug-likeness (QED) is 0.496. The highest BCUT2D eigenvalue weighted by molar-refractivity contribution is 6.34. The van der Waals surface area contributed by atoms with Gasteiger partial charge in [-0.3, -0.25) is 0 Å². The fraction of sp³-hybridized carbons (Fsp3) is 0.0556. The predicted octanol–water partition coefficient (Wildman–Crippen LogP) is 5.50. The molecule has 23 heavy (non-hydrogen) atoms. The van der Waals surface area contributed by atoms with Gasteiger partial charge < -0.3 is 5.11 Å². The van der Waals surface area contributed by atoms with E-state index in [0.29, 0.717) is 10.0 Å². The Hall–Kier alpha value is -2.23. The Balaban J connectivity index is 2.18. The molecule has 1 N–H and O–H groups in total. The summed E-state index contributed by atoms with van der Waals surface area (Å²) in [6.07, 6.45) is 0. The largest absolute Gasteiger partial charge is 0.507 e. The Morgan fingerprint density at radius 1 is 0.913 bits per heavy atom. The monoisotopic (exact) mass is 342 g/mol. The fourth-order valence-corrected chi connectivity index (χ4v) is 3.46. The lowest BCUT2D eigenvalue weighted by Crippen LogP contribution is -1.97. The standard InChI is InChI=1S/C18H12Cl2N2O/c1-10-16-9-17(23)14-4-2-3-5-15(14)18(16)22(21-10)13-7-11(19)6-12(20)8-13/h2-9,23H,1H3. The van der Waals surface area contributed by atoms with E-state index in [1.165, 1.54) is 0 Å². The van der Waals surface area contributed by atoms with E-state index in [-0.39, 0.29) is 5.75 Å². The Morgan fingerprint density at radius 3 is 2.26 bits per heavy atom. The molecule has 0 unspecified atom stereocenters. The summed E-state index contributed by atoms with van der Waals surface area (Å²) in [6.45, 7) is 1.92. The number of hydrogen-bond acceptors (Lipinski definition) is 2. The molecule has 0 radical (unpaired) electrons. The van der Waals surface area contributed by atoms with Gasteiger partial charge in [0.15, 0.2) is 0 Å². The van der Waals surface area contributed by atoms with Gasteiger partial charge in [0.05, 0.1) is 16.9 Å². The van der Waals surface area contributed by atoms with Gasteiger partial charge >= 0.3 is 0 Å². The molecule has 4 rings (SSSR count). The summed E-state index contributed by atoms with van der Waals surface area (Å²) in [5.41, 5.74) is 2.54. The van der Waals surface area contributed by atoms with E-state index >= 15 is 0 Å². The zero-order valence-corrected chi connectivity index (χ0v) is 13.7. The summed E-state index contributed by atoms with van der Waals surface area (Å²) < 4.78 is 1.82. The second-order valence-corrected chi connectivity index (χ2v) is 6.34. The average Bonchev–Trinajstić information content (AvgIpc) is 2.84. The average molecular weight is 343 g/mol. The molecule has 0 fully saturated rings. The molecule has 5 heteroatoms. The molecule has 0 aliphatic heterocycles. The van der Waals surface area contributed by atoms with E-state index in [0.717, 1.165) is 33.1 Å². The summed E-state index contributed by atoms with van der Waals surface area (Å²) in [6, 6.07) is 14.8. The van der Waals surface area contributed by atoms with E-state index in [1.807, 2.05) is 48.0 Å². The zero-order valence-electron chi connectivity index (χ0n) is 12.2. The molecule has 0 saturated carbocycles.